The third kappa shape index (κ3) is 5.27. The number of phenolic OH excluding ortho intramolecular Hbond substituents is 2. The van der Waals surface area contributed by atoms with Gasteiger partial charge in [0.15, 0.2) is 34.7 Å². The minimum absolute atomic E-state index is 0.217. The van der Waals surface area contributed by atoms with E-state index < -0.39 is 30.5 Å². The molecule has 1 aliphatic rings. The lowest BCUT2D eigenvalue weighted by Gasteiger charge is -2.16. The Kier molecular flexibility index (Phi) is 7.18. The maximum atomic E-state index is 12.1. The molecule has 2 aromatic carbocycles. The van der Waals surface area contributed by atoms with Gasteiger partial charge in [0, 0.05) is 12.6 Å². The highest BCUT2D eigenvalue weighted by molar-refractivity contribution is 5.87. The maximum Gasteiger partial charge on any atom is 0.330 e. The predicted molar refractivity (Wildman–Crippen MR) is 135 cm³/mol. The van der Waals surface area contributed by atoms with E-state index >= 15 is 0 Å². The molecule has 1 saturated heterocycles. The van der Waals surface area contributed by atoms with Crippen molar-refractivity contribution in [2.75, 3.05) is 11.9 Å². The molecule has 0 bridgehead atoms. The number of ether oxygens (including phenoxy) is 2. The molecule has 12 heteroatoms. The Morgan fingerprint density at radius 2 is 1.87 bits per heavy atom. The van der Waals surface area contributed by atoms with Crippen LogP contribution >= 0.6 is 0 Å². The Morgan fingerprint density at radius 1 is 1.05 bits per heavy atom. The van der Waals surface area contributed by atoms with Gasteiger partial charge in [-0.3, -0.25) is 4.57 Å². The van der Waals surface area contributed by atoms with E-state index in [-0.39, 0.29) is 24.7 Å². The molecule has 1 fully saturated rings. The number of rotatable bonds is 8. The number of hydrogen-bond donors (Lipinski definition) is 5. The summed E-state index contributed by atoms with van der Waals surface area (Å²) in [4.78, 5) is 24.9. The van der Waals surface area contributed by atoms with Gasteiger partial charge in [0.1, 0.15) is 31.2 Å². The average Bonchev–Trinajstić information content (AvgIpc) is 3.48. The zero-order valence-corrected chi connectivity index (χ0v) is 20.0. The molecule has 5 rings (SSSR count). The molecule has 0 radical (unpaired) electrons. The molecule has 0 unspecified atom stereocenters. The van der Waals surface area contributed by atoms with Gasteiger partial charge >= 0.3 is 5.97 Å². The van der Waals surface area contributed by atoms with Crippen molar-refractivity contribution in [1.29, 1.82) is 0 Å². The number of hydrogen-bond acceptors (Lipinski definition) is 11. The molecular weight excluding hydrogens is 494 g/mol. The van der Waals surface area contributed by atoms with Gasteiger partial charge in [-0.1, -0.05) is 36.4 Å². The number of nitrogens with one attached hydrogen (secondary N) is 1. The third-order valence-corrected chi connectivity index (χ3v) is 6.07. The molecule has 38 heavy (non-hydrogen) atoms. The zero-order chi connectivity index (χ0) is 26.6. The molecule has 196 valence electrons. The van der Waals surface area contributed by atoms with Crippen LogP contribution in [0.3, 0.4) is 0 Å². The van der Waals surface area contributed by atoms with Gasteiger partial charge in [-0.15, -0.1) is 0 Å². The highest BCUT2D eigenvalue weighted by Gasteiger charge is 2.45. The summed E-state index contributed by atoms with van der Waals surface area (Å²) in [5.41, 5.74) is 2.26. The molecule has 0 aliphatic carbocycles. The molecule has 3 heterocycles. The third-order valence-electron chi connectivity index (χ3n) is 6.07. The maximum absolute atomic E-state index is 12.1. The summed E-state index contributed by atoms with van der Waals surface area (Å²) in [5, 5.41) is 43.5. The molecule has 12 nitrogen and oxygen atoms in total. The lowest BCUT2D eigenvalue weighted by atomic mass is 10.1. The fraction of sp³-hybridized carbons (Fsp3) is 0.231. The number of aliphatic hydroxyl groups excluding tert-OH is 2. The van der Waals surface area contributed by atoms with Crippen LogP contribution in [0, 0.1) is 0 Å². The van der Waals surface area contributed by atoms with Crippen molar-refractivity contribution in [3.05, 3.63) is 78.4 Å². The van der Waals surface area contributed by atoms with Crippen molar-refractivity contribution >= 4 is 29.0 Å². The van der Waals surface area contributed by atoms with Crippen molar-refractivity contribution in [3.63, 3.8) is 0 Å². The van der Waals surface area contributed by atoms with Gasteiger partial charge in [0.2, 0.25) is 0 Å². The second kappa shape index (κ2) is 10.8. The first-order chi connectivity index (χ1) is 18.4. The zero-order valence-electron chi connectivity index (χ0n) is 20.0. The Balaban J connectivity index is 1.25. The first-order valence-corrected chi connectivity index (χ1v) is 11.7. The van der Waals surface area contributed by atoms with Gasteiger partial charge in [-0.05, 0) is 29.3 Å². The summed E-state index contributed by atoms with van der Waals surface area (Å²) in [6.45, 7) is 0.0147. The normalized spacial score (nSPS) is 21.2. The van der Waals surface area contributed by atoms with Crippen LogP contribution in [0.5, 0.6) is 11.5 Å². The van der Waals surface area contributed by atoms with Crippen molar-refractivity contribution < 1.29 is 34.7 Å². The molecule has 0 amide bonds. The van der Waals surface area contributed by atoms with Gasteiger partial charge in [0.05, 0.1) is 6.33 Å². The van der Waals surface area contributed by atoms with E-state index in [1.807, 2.05) is 30.3 Å². The number of aliphatic hydroxyl groups is 2. The number of benzene rings is 2. The van der Waals surface area contributed by atoms with Crippen molar-refractivity contribution in [3.8, 4) is 11.5 Å². The van der Waals surface area contributed by atoms with Crippen LogP contribution in [0.4, 0.5) is 5.82 Å². The molecule has 1 aliphatic heterocycles. The van der Waals surface area contributed by atoms with Gasteiger partial charge < -0.3 is 35.2 Å². The highest BCUT2D eigenvalue weighted by atomic mass is 16.6. The SMILES string of the molecule is O=C(C=Cc1ccccc1)OC[C@H]1O[C@@H](n2cnc3c(NCc4ccc(O)c(O)c4)ncnc32)[C@H](O)[C@@H]1O. The van der Waals surface area contributed by atoms with E-state index in [1.54, 1.807) is 12.1 Å². The number of nitrogens with zero attached hydrogens (tertiary/aromatic N) is 4. The first kappa shape index (κ1) is 25.1. The Morgan fingerprint density at radius 3 is 2.66 bits per heavy atom. The standard InChI is InChI=1S/C26H25N5O7/c32-17-8-6-16(10-18(17)33)11-27-24-21-25(29-13-28-24)31(14-30-21)26-23(36)22(35)19(38-26)12-37-20(34)9-7-15-4-2-1-3-5-15/h1-10,13-14,19,22-23,26,32-33,35-36H,11-12H2,(H,27,28,29)/t19-,22-,23-,26-/m1/s1. The number of fused-ring (bicyclic) bond motifs is 1. The van der Waals surface area contributed by atoms with Crippen LogP contribution in [0.1, 0.15) is 17.4 Å². The Hall–Kier alpha value is -4.52. The van der Waals surface area contributed by atoms with Gasteiger partial charge in [0.25, 0.3) is 0 Å². The molecule has 2 aromatic heterocycles. The number of carbonyl (C=O) groups excluding carboxylic acids is 1. The van der Waals surface area contributed by atoms with E-state index in [0.29, 0.717) is 22.5 Å². The number of anilines is 1. The number of aromatic hydroxyl groups is 2. The molecule has 4 aromatic rings. The van der Waals surface area contributed by atoms with E-state index in [4.69, 9.17) is 9.47 Å². The van der Waals surface area contributed by atoms with Crippen molar-refractivity contribution in [1.82, 2.24) is 19.5 Å². The molecular formula is C26H25N5O7. The minimum atomic E-state index is -1.33. The highest BCUT2D eigenvalue weighted by Crippen LogP contribution is 2.32. The van der Waals surface area contributed by atoms with Crippen LogP contribution in [-0.2, 0) is 20.8 Å². The van der Waals surface area contributed by atoms with Crippen LogP contribution in [0.2, 0.25) is 0 Å². The monoisotopic (exact) mass is 519 g/mol. The van der Waals surface area contributed by atoms with E-state index in [9.17, 15) is 25.2 Å². The average molecular weight is 520 g/mol. The van der Waals surface area contributed by atoms with Gasteiger partial charge in [-0.25, -0.2) is 19.7 Å². The second-order valence-corrected chi connectivity index (χ2v) is 8.64. The Labute approximate surface area is 216 Å². The topological polar surface area (TPSA) is 172 Å². The summed E-state index contributed by atoms with van der Waals surface area (Å²) in [6.07, 6.45) is 0.964. The lowest BCUT2D eigenvalue weighted by molar-refractivity contribution is -0.144. The fourth-order valence-corrected chi connectivity index (χ4v) is 4.07. The van der Waals surface area contributed by atoms with Crippen LogP contribution < -0.4 is 5.32 Å². The largest absolute Gasteiger partial charge is 0.504 e. The lowest BCUT2D eigenvalue weighted by Crippen LogP contribution is -2.34. The van der Waals surface area contributed by atoms with E-state index in [0.717, 1.165) is 5.56 Å². The number of imidazole rings is 1. The van der Waals surface area contributed by atoms with Crippen molar-refractivity contribution in [2.45, 2.75) is 31.1 Å². The number of esters is 1. The quantitative estimate of drug-likeness (QED) is 0.130. The van der Waals surface area contributed by atoms with Crippen LogP contribution in [-0.4, -0.2) is 70.8 Å². The Bertz CT molecular complexity index is 1460. The van der Waals surface area contributed by atoms with Gasteiger partial charge in [-0.2, -0.15) is 0 Å². The van der Waals surface area contributed by atoms with Crippen LogP contribution in [0.15, 0.2) is 67.3 Å². The van der Waals surface area contributed by atoms with E-state index in [2.05, 4.69) is 20.3 Å². The fourth-order valence-electron chi connectivity index (χ4n) is 4.07. The summed E-state index contributed by atoms with van der Waals surface area (Å²) in [7, 11) is 0. The van der Waals surface area contributed by atoms with Crippen LogP contribution in [0.25, 0.3) is 17.2 Å². The summed E-state index contributed by atoms with van der Waals surface area (Å²) in [5.74, 6) is -0.670. The minimum Gasteiger partial charge on any atom is -0.504 e. The summed E-state index contributed by atoms with van der Waals surface area (Å²) in [6, 6.07) is 13.7. The number of aromatic nitrogens is 4. The first-order valence-electron chi connectivity index (χ1n) is 11.7. The molecule has 0 saturated carbocycles. The molecule has 0 spiro atoms. The number of phenols is 2. The molecule has 5 N–H and O–H groups in total. The summed E-state index contributed by atoms with van der Waals surface area (Å²) >= 11 is 0. The smallest absolute Gasteiger partial charge is 0.330 e. The summed E-state index contributed by atoms with van der Waals surface area (Å²) < 4.78 is 12.5. The predicted octanol–water partition coefficient (Wildman–Crippen LogP) is 1.73. The van der Waals surface area contributed by atoms with Crippen molar-refractivity contribution in [2.24, 2.45) is 0 Å². The number of carbonyl (C=O) groups is 1. The molecule has 4 atom stereocenters. The van der Waals surface area contributed by atoms with E-state index in [1.165, 1.54) is 35.4 Å². The second-order valence-electron chi connectivity index (χ2n) is 8.64.